The van der Waals surface area contributed by atoms with Crippen LogP contribution >= 0.6 is 0 Å². The fourth-order valence-electron chi connectivity index (χ4n) is 3.10. The van der Waals surface area contributed by atoms with E-state index in [2.05, 4.69) is 12.1 Å². The number of benzene rings is 2. The van der Waals surface area contributed by atoms with Crippen LogP contribution < -0.4 is 4.74 Å². The molecule has 1 saturated heterocycles. The predicted octanol–water partition coefficient (Wildman–Crippen LogP) is 3.18. The van der Waals surface area contributed by atoms with E-state index in [0.717, 1.165) is 12.0 Å². The molecular weight excluding hydrogens is 310 g/mol. The van der Waals surface area contributed by atoms with Crippen LogP contribution in [-0.4, -0.2) is 32.9 Å². The standard InChI is InChI=1S/C18H21NO3S/c1-14-12-17(8-9-18(14)22-2)23(20,21)19-11-10-16(13-19)15-6-4-3-5-7-15/h3-9,12,16H,10-11,13H2,1-2H3. The molecule has 1 aliphatic rings. The Kier molecular flexibility index (Phi) is 4.41. The molecule has 2 aromatic rings. The first-order valence-electron chi connectivity index (χ1n) is 7.72. The molecule has 0 aliphatic carbocycles. The van der Waals surface area contributed by atoms with Crippen LogP contribution in [0.3, 0.4) is 0 Å². The molecule has 0 aromatic heterocycles. The Hall–Kier alpha value is -1.85. The highest BCUT2D eigenvalue weighted by Gasteiger charge is 2.33. The molecule has 0 bridgehead atoms. The third kappa shape index (κ3) is 3.12. The molecule has 4 nitrogen and oxygen atoms in total. The molecule has 1 fully saturated rings. The van der Waals surface area contributed by atoms with Crippen molar-refractivity contribution in [3.05, 3.63) is 59.7 Å². The van der Waals surface area contributed by atoms with Crippen molar-refractivity contribution in [1.82, 2.24) is 4.31 Å². The number of hydrogen-bond acceptors (Lipinski definition) is 3. The number of nitrogens with zero attached hydrogens (tertiary/aromatic N) is 1. The zero-order valence-corrected chi connectivity index (χ0v) is 14.2. The van der Waals surface area contributed by atoms with Crippen molar-refractivity contribution in [3.8, 4) is 5.75 Å². The predicted molar refractivity (Wildman–Crippen MR) is 90.3 cm³/mol. The molecular formula is C18H21NO3S. The third-order valence-electron chi connectivity index (χ3n) is 4.43. The van der Waals surface area contributed by atoms with E-state index in [9.17, 15) is 8.42 Å². The van der Waals surface area contributed by atoms with Gasteiger partial charge in [0.15, 0.2) is 0 Å². The van der Waals surface area contributed by atoms with E-state index < -0.39 is 10.0 Å². The second kappa shape index (κ2) is 6.34. The summed E-state index contributed by atoms with van der Waals surface area (Å²) in [6, 6.07) is 15.1. The second-order valence-electron chi connectivity index (χ2n) is 5.89. The van der Waals surface area contributed by atoms with Crippen molar-refractivity contribution < 1.29 is 13.2 Å². The average molecular weight is 331 g/mol. The summed E-state index contributed by atoms with van der Waals surface area (Å²) in [7, 11) is -1.86. The maximum absolute atomic E-state index is 12.8. The Balaban J connectivity index is 1.82. The van der Waals surface area contributed by atoms with Crippen molar-refractivity contribution in [2.75, 3.05) is 20.2 Å². The molecule has 0 N–H and O–H groups in total. The lowest BCUT2D eigenvalue weighted by atomic mass is 9.99. The molecule has 1 atom stereocenters. The van der Waals surface area contributed by atoms with Gasteiger partial charge in [-0.3, -0.25) is 0 Å². The minimum Gasteiger partial charge on any atom is -0.496 e. The van der Waals surface area contributed by atoms with E-state index in [0.29, 0.717) is 23.7 Å². The molecule has 0 radical (unpaired) electrons. The van der Waals surface area contributed by atoms with Gasteiger partial charge in [0, 0.05) is 13.1 Å². The van der Waals surface area contributed by atoms with Crippen LogP contribution in [0.15, 0.2) is 53.4 Å². The molecule has 1 aliphatic heterocycles. The van der Waals surface area contributed by atoms with Gasteiger partial charge in [0.1, 0.15) is 5.75 Å². The highest BCUT2D eigenvalue weighted by molar-refractivity contribution is 7.89. The van der Waals surface area contributed by atoms with Crippen LogP contribution in [0.5, 0.6) is 5.75 Å². The Bertz CT molecular complexity index is 787. The molecule has 0 saturated carbocycles. The number of methoxy groups -OCH3 is 1. The number of aryl methyl sites for hydroxylation is 1. The van der Waals surface area contributed by atoms with Crippen LogP contribution in [0.2, 0.25) is 0 Å². The monoisotopic (exact) mass is 331 g/mol. The lowest BCUT2D eigenvalue weighted by molar-refractivity contribution is 0.411. The topological polar surface area (TPSA) is 46.6 Å². The quantitative estimate of drug-likeness (QED) is 0.864. The van der Waals surface area contributed by atoms with E-state index in [1.165, 1.54) is 5.56 Å². The maximum atomic E-state index is 12.8. The first-order valence-corrected chi connectivity index (χ1v) is 9.16. The lowest BCUT2D eigenvalue weighted by Crippen LogP contribution is -2.28. The summed E-state index contributed by atoms with van der Waals surface area (Å²) in [6.45, 7) is 2.96. The fraction of sp³-hybridized carbons (Fsp3) is 0.333. The summed E-state index contributed by atoms with van der Waals surface area (Å²) in [5.74, 6) is 0.970. The van der Waals surface area contributed by atoms with Crippen LogP contribution in [0.4, 0.5) is 0 Å². The summed E-state index contributed by atoms with van der Waals surface area (Å²) >= 11 is 0. The largest absolute Gasteiger partial charge is 0.496 e. The van der Waals surface area contributed by atoms with Gasteiger partial charge in [-0.25, -0.2) is 8.42 Å². The van der Waals surface area contributed by atoms with Crippen molar-refractivity contribution >= 4 is 10.0 Å². The highest BCUT2D eigenvalue weighted by atomic mass is 32.2. The van der Waals surface area contributed by atoms with E-state index in [1.54, 1.807) is 29.6 Å². The van der Waals surface area contributed by atoms with Crippen molar-refractivity contribution in [3.63, 3.8) is 0 Å². The fourth-order valence-corrected chi connectivity index (χ4v) is 4.69. The van der Waals surface area contributed by atoms with Gasteiger partial charge >= 0.3 is 0 Å². The summed E-state index contributed by atoms with van der Waals surface area (Å²) in [6.07, 6.45) is 0.860. The van der Waals surface area contributed by atoms with Gasteiger partial charge in [-0.2, -0.15) is 4.31 Å². The van der Waals surface area contributed by atoms with Gasteiger partial charge in [0.2, 0.25) is 10.0 Å². The van der Waals surface area contributed by atoms with Gasteiger partial charge in [0.05, 0.1) is 12.0 Å². The molecule has 5 heteroatoms. The first kappa shape index (κ1) is 16.0. The minimum absolute atomic E-state index is 0.269. The Morgan fingerprint density at radius 3 is 2.52 bits per heavy atom. The van der Waals surface area contributed by atoms with Crippen molar-refractivity contribution in [2.45, 2.75) is 24.2 Å². The Morgan fingerprint density at radius 1 is 1.13 bits per heavy atom. The molecule has 1 unspecified atom stereocenters. The lowest BCUT2D eigenvalue weighted by Gasteiger charge is -2.17. The van der Waals surface area contributed by atoms with Gasteiger partial charge in [0.25, 0.3) is 0 Å². The average Bonchev–Trinajstić information content (AvgIpc) is 3.06. The molecule has 23 heavy (non-hydrogen) atoms. The normalized spacial score (nSPS) is 19.0. The zero-order valence-electron chi connectivity index (χ0n) is 13.4. The molecule has 0 spiro atoms. The van der Waals surface area contributed by atoms with Gasteiger partial charge in [-0.15, -0.1) is 0 Å². The SMILES string of the molecule is COc1ccc(S(=O)(=O)N2CCC(c3ccccc3)C2)cc1C. The molecule has 3 rings (SSSR count). The molecule has 0 amide bonds. The number of rotatable bonds is 4. The number of hydrogen-bond donors (Lipinski definition) is 0. The van der Waals surface area contributed by atoms with Crippen LogP contribution in [0.25, 0.3) is 0 Å². The summed E-state index contributed by atoms with van der Waals surface area (Å²) in [4.78, 5) is 0.338. The van der Waals surface area contributed by atoms with E-state index >= 15 is 0 Å². The van der Waals surface area contributed by atoms with Crippen molar-refractivity contribution in [2.24, 2.45) is 0 Å². The van der Waals surface area contributed by atoms with E-state index in [1.807, 2.05) is 25.1 Å². The van der Waals surface area contributed by atoms with Gasteiger partial charge in [-0.05, 0) is 48.6 Å². The van der Waals surface area contributed by atoms with E-state index in [-0.39, 0.29) is 5.92 Å². The smallest absolute Gasteiger partial charge is 0.243 e. The zero-order chi connectivity index (χ0) is 16.4. The summed E-state index contributed by atoms with van der Waals surface area (Å²) < 4.78 is 32.5. The first-order chi connectivity index (χ1) is 11.0. The number of sulfonamides is 1. The van der Waals surface area contributed by atoms with Crippen molar-refractivity contribution in [1.29, 1.82) is 0 Å². The maximum Gasteiger partial charge on any atom is 0.243 e. The minimum atomic E-state index is -3.45. The third-order valence-corrected chi connectivity index (χ3v) is 6.29. The Labute approximate surface area is 137 Å². The van der Waals surface area contributed by atoms with Crippen LogP contribution in [-0.2, 0) is 10.0 Å². The highest BCUT2D eigenvalue weighted by Crippen LogP contribution is 2.32. The van der Waals surface area contributed by atoms with Gasteiger partial charge in [-0.1, -0.05) is 30.3 Å². The van der Waals surface area contributed by atoms with Gasteiger partial charge < -0.3 is 4.74 Å². The molecule has 2 aromatic carbocycles. The molecule has 122 valence electrons. The van der Waals surface area contributed by atoms with Crippen LogP contribution in [0.1, 0.15) is 23.5 Å². The Morgan fingerprint density at radius 2 is 1.87 bits per heavy atom. The van der Waals surface area contributed by atoms with Crippen LogP contribution in [0, 0.1) is 6.92 Å². The second-order valence-corrected chi connectivity index (χ2v) is 7.83. The van der Waals surface area contributed by atoms with E-state index in [4.69, 9.17) is 4.74 Å². The summed E-state index contributed by atoms with van der Waals surface area (Å²) in [5, 5.41) is 0. The number of ether oxygens (including phenoxy) is 1. The summed E-state index contributed by atoms with van der Waals surface area (Å²) in [5.41, 5.74) is 2.03. The molecule has 1 heterocycles.